The number of halogens is 2. The minimum absolute atomic E-state index is 0.0299. The Bertz CT molecular complexity index is 1530. The Hall–Kier alpha value is -4.11. The molecule has 3 N–H and O–H groups in total. The SMILES string of the molecule is CCOC(=O)Cc1ccc(OC)cc1OCc1c(C(F)F)oc2c(NCC3CC3)cc(-c3cccc(CN)c3)cc12. The van der Waals surface area contributed by atoms with Crippen LogP contribution in [0.25, 0.3) is 22.1 Å². The Morgan fingerprint density at radius 3 is 2.66 bits per heavy atom. The first-order chi connectivity index (χ1) is 19.9. The number of hydrogen-bond donors (Lipinski definition) is 2. The summed E-state index contributed by atoms with van der Waals surface area (Å²) in [5, 5.41) is 3.96. The van der Waals surface area contributed by atoms with Crippen molar-refractivity contribution in [2.75, 3.05) is 25.6 Å². The molecule has 0 bridgehead atoms. The van der Waals surface area contributed by atoms with Crippen molar-refractivity contribution in [1.29, 1.82) is 0 Å². The van der Waals surface area contributed by atoms with E-state index >= 15 is 0 Å². The molecule has 7 nitrogen and oxygen atoms in total. The van der Waals surface area contributed by atoms with Crippen molar-refractivity contribution in [2.24, 2.45) is 11.7 Å². The lowest BCUT2D eigenvalue weighted by Gasteiger charge is -2.14. The summed E-state index contributed by atoms with van der Waals surface area (Å²) in [5.74, 6) is 0.545. The van der Waals surface area contributed by atoms with Gasteiger partial charge in [-0.1, -0.05) is 24.3 Å². The smallest absolute Gasteiger partial charge is 0.310 e. The Labute approximate surface area is 237 Å². The molecule has 1 saturated carbocycles. The highest BCUT2D eigenvalue weighted by atomic mass is 19.3. The van der Waals surface area contributed by atoms with Crippen molar-refractivity contribution >= 4 is 22.6 Å². The number of methoxy groups -OCH3 is 1. The quantitative estimate of drug-likeness (QED) is 0.169. The van der Waals surface area contributed by atoms with Gasteiger partial charge in [0.15, 0.2) is 11.3 Å². The topological polar surface area (TPSA) is 96.0 Å². The molecule has 0 amide bonds. The Morgan fingerprint density at radius 1 is 1.12 bits per heavy atom. The molecule has 5 rings (SSSR count). The third-order valence-electron chi connectivity index (χ3n) is 7.18. The number of fused-ring (bicyclic) bond motifs is 1. The predicted molar refractivity (Wildman–Crippen MR) is 153 cm³/mol. The summed E-state index contributed by atoms with van der Waals surface area (Å²) < 4.78 is 51.1. The molecule has 1 aliphatic carbocycles. The van der Waals surface area contributed by atoms with E-state index in [4.69, 9.17) is 24.4 Å². The van der Waals surface area contributed by atoms with E-state index in [1.165, 1.54) is 7.11 Å². The van der Waals surface area contributed by atoms with Crippen molar-refractivity contribution in [3.63, 3.8) is 0 Å². The first-order valence-electron chi connectivity index (χ1n) is 13.8. The van der Waals surface area contributed by atoms with Crippen LogP contribution >= 0.6 is 0 Å². The van der Waals surface area contributed by atoms with Crippen molar-refractivity contribution in [3.8, 4) is 22.6 Å². The molecule has 0 unspecified atom stereocenters. The lowest BCUT2D eigenvalue weighted by Crippen LogP contribution is -2.09. The number of furan rings is 1. The number of alkyl halides is 2. The minimum Gasteiger partial charge on any atom is -0.497 e. The van der Waals surface area contributed by atoms with Gasteiger partial charge in [0.05, 0.1) is 25.8 Å². The summed E-state index contributed by atoms with van der Waals surface area (Å²) in [6.45, 7) is 2.89. The molecule has 41 heavy (non-hydrogen) atoms. The molecule has 0 spiro atoms. The molecule has 1 heterocycles. The van der Waals surface area contributed by atoms with E-state index < -0.39 is 18.2 Å². The highest BCUT2D eigenvalue weighted by Crippen LogP contribution is 2.41. The average molecular weight is 565 g/mol. The van der Waals surface area contributed by atoms with Gasteiger partial charge < -0.3 is 29.7 Å². The van der Waals surface area contributed by atoms with Crippen LogP contribution in [0.1, 0.15) is 48.6 Å². The molecule has 1 fully saturated rings. The van der Waals surface area contributed by atoms with Crippen LogP contribution in [0, 0.1) is 5.92 Å². The molecule has 0 saturated heterocycles. The highest BCUT2D eigenvalue weighted by molar-refractivity contribution is 5.96. The lowest BCUT2D eigenvalue weighted by atomic mass is 9.99. The molecule has 0 aliphatic heterocycles. The first-order valence-corrected chi connectivity index (χ1v) is 13.8. The number of nitrogens with one attached hydrogen (secondary N) is 1. The second-order valence-electron chi connectivity index (χ2n) is 10.1. The van der Waals surface area contributed by atoms with Crippen LogP contribution in [0.15, 0.2) is 59.0 Å². The van der Waals surface area contributed by atoms with Gasteiger partial charge in [-0.15, -0.1) is 0 Å². The number of anilines is 1. The number of carbonyl (C=O) groups is 1. The predicted octanol–water partition coefficient (Wildman–Crippen LogP) is 7.01. The third kappa shape index (κ3) is 6.62. The molecule has 4 aromatic rings. The van der Waals surface area contributed by atoms with E-state index in [1.807, 2.05) is 36.4 Å². The van der Waals surface area contributed by atoms with E-state index in [1.54, 1.807) is 25.1 Å². The van der Waals surface area contributed by atoms with Gasteiger partial charge in [-0.2, -0.15) is 0 Å². The molecular formula is C32H34F2N2O5. The number of ether oxygens (including phenoxy) is 3. The van der Waals surface area contributed by atoms with Crippen molar-refractivity contribution in [1.82, 2.24) is 0 Å². The fourth-order valence-electron chi connectivity index (χ4n) is 4.80. The maximum atomic E-state index is 14.4. The Kier molecular flexibility index (Phi) is 8.73. The van der Waals surface area contributed by atoms with E-state index in [0.29, 0.717) is 46.2 Å². The molecule has 3 aromatic carbocycles. The zero-order valence-electron chi connectivity index (χ0n) is 23.2. The standard InChI is InChI=1S/C32H34F2N2O5/c1-3-39-29(37)14-22-9-10-24(38-2)15-28(22)40-18-26-25-12-23(21-6-4-5-20(11-21)16-35)13-27(36-17-19-7-8-19)30(25)41-31(26)32(33)34/h4-6,9-13,15,19,32,36H,3,7-8,14,16-18,35H2,1-2H3. The second kappa shape index (κ2) is 12.6. The number of carbonyl (C=O) groups excluding carboxylic acids is 1. The van der Waals surface area contributed by atoms with Crippen LogP contribution in [0.4, 0.5) is 14.5 Å². The van der Waals surface area contributed by atoms with E-state index in [9.17, 15) is 13.6 Å². The second-order valence-corrected chi connectivity index (χ2v) is 10.1. The van der Waals surface area contributed by atoms with Gasteiger partial charge in [-0.3, -0.25) is 4.79 Å². The number of rotatable bonds is 13. The average Bonchev–Trinajstić information content (AvgIpc) is 3.74. The summed E-state index contributed by atoms with van der Waals surface area (Å²) in [5.41, 5.74) is 10.4. The van der Waals surface area contributed by atoms with Crippen LogP contribution in [-0.4, -0.2) is 26.2 Å². The summed E-state index contributed by atoms with van der Waals surface area (Å²) in [6, 6.07) is 16.7. The summed E-state index contributed by atoms with van der Waals surface area (Å²) in [6.07, 6.45) is -0.603. The maximum Gasteiger partial charge on any atom is 0.310 e. The molecule has 9 heteroatoms. The van der Waals surface area contributed by atoms with Crippen LogP contribution < -0.4 is 20.5 Å². The van der Waals surface area contributed by atoms with Crippen molar-refractivity contribution < 1.29 is 32.2 Å². The van der Waals surface area contributed by atoms with Gasteiger partial charge in [0, 0.05) is 35.7 Å². The van der Waals surface area contributed by atoms with Gasteiger partial charge >= 0.3 is 5.97 Å². The van der Waals surface area contributed by atoms with Crippen molar-refractivity contribution in [2.45, 2.75) is 45.8 Å². The van der Waals surface area contributed by atoms with Crippen LogP contribution in [0.5, 0.6) is 11.5 Å². The summed E-state index contributed by atoms with van der Waals surface area (Å²) >= 11 is 0. The van der Waals surface area contributed by atoms with E-state index in [-0.39, 0.29) is 25.2 Å². The van der Waals surface area contributed by atoms with E-state index in [0.717, 1.165) is 36.1 Å². The molecule has 1 aliphatic rings. The van der Waals surface area contributed by atoms with Gasteiger partial charge in [-0.25, -0.2) is 8.78 Å². The number of hydrogen-bond acceptors (Lipinski definition) is 7. The lowest BCUT2D eigenvalue weighted by molar-refractivity contribution is -0.142. The number of nitrogens with two attached hydrogens (primary N) is 1. The van der Waals surface area contributed by atoms with Crippen LogP contribution in [0.3, 0.4) is 0 Å². The van der Waals surface area contributed by atoms with Crippen LogP contribution in [0.2, 0.25) is 0 Å². The van der Waals surface area contributed by atoms with Crippen molar-refractivity contribution in [3.05, 3.63) is 77.0 Å². The third-order valence-corrected chi connectivity index (χ3v) is 7.18. The van der Waals surface area contributed by atoms with Gasteiger partial charge in [-0.05, 0) is 66.6 Å². The summed E-state index contributed by atoms with van der Waals surface area (Å²) in [4.78, 5) is 12.2. The fourth-order valence-corrected chi connectivity index (χ4v) is 4.80. The number of benzene rings is 3. The van der Waals surface area contributed by atoms with E-state index in [2.05, 4.69) is 5.32 Å². The largest absolute Gasteiger partial charge is 0.497 e. The van der Waals surface area contributed by atoms with Gasteiger partial charge in [0.1, 0.15) is 18.1 Å². The minimum atomic E-state index is -2.86. The first kappa shape index (κ1) is 28.4. The highest BCUT2D eigenvalue weighted by Gasteiger charge is 2.27. The monoisotopic (exact) mass is 564 g/mol. The Morgan fingerprint density at radius 2 is 1.95 bits per heavy atom. The molecular weight excluding hydrogens is 530 g/mol. The molecule has 0 atom stereocenters. The number of esters is 1. The molecule has 216 valence electrons. The van der Waals surface area contributed by atoms with Crippen LogP contribution in [-0.2, 0) is 29.1 Å². The van der Waals surface area contributed by atoms with Gasteiger partial charge in [0.25, 0.3) is 6.43 Å². The fraction of sp³-hybridized carbons (Fsp3) is 0.344. The summed E-state index contributed by atoms with van der Waals surface area (Å²) in [7, 11) is 1.51. The maximum absolute atomic E-state index is 14.4. The molecule has 1 aromatic heterocycles. The normalized spacial score (nSPS) is 13.0. The zero-order chi connectivity index (χ0) is 28.9. The zero-order valence-corrected chi connectivity index (χ0v) is 23.2. The Balaban J connectivity index is 1.57. The van der Waals surface area contributed by atoms with Gasteiger partial charge in [0.2, 0.25) is 0 Å². The molecule has 0 radical (unpaired) electrons.